The summed E-state index contributed by atoms with van der Waals surface area (Å²) >= 11 is 11.9. The van der Waals surface area contributed by atoms with E-state index in [4.69, 9.17) is 28.3 Å². The van der Waals surface area contributed by atoms with Gasteiger partial charge >= 0.3 is 0 Å². The molecular formula is C14H17Cl2N3O. The van der Waals surface area contributed by atoms with E-state index in [-0.39, 0.29) is 6.61 Å². The smallest absolute Gasteiger partial charge is 0.0946 e. The molecule has 1 N–H and O–H groups in total. The molecule has 0 aliphatic rings. The summed E-state index contributed by atoms with van der Waals surface area (Å²) in [5.41, 5.74) is 1.08. The maximum atomic E-state index is 9.16. The summed E-state index contributed by atoms with van der Waals surface area (Å²) in [6, 6.07) is 5.62. The van der Waals surface area contributed by atoms with Crippen LogP contribution in [0.2, 0.25) is 10.0 Å². The molecule has 20 heavy (non-hydrogen) atoms. The first-order valence-electron chi connectivity index (χ1n) is 6.42. The van der Waals surface area contributed by atoms with Crippen LogP contribution in [0.1, 0.15) is 5.56 Å². The van der Waals surface area contributed by atoms with Gasteiger partial charge in [-0.1, -0.05) is 29.3 Å². The van der Waals surface area contributed by atoms with Crippen molar-refractivity contribution in [3.63, 3.8) is 0 Å². The van der Waals surface area contributed by atoms with E-state index in [9.17, 15) is 0 Å². The van der Waals surface area contributed by atoms with Gasteiger partial charge in [0.15, 0.2) is 0 Å². The van der Waals surface area contributed by atoms with Gasteiger partial charge in [0.1, 0.15) is 0 Å². The van der Waals surface area contributed by atoms with Gasteiger partial charge in [0.05, 0.1) is 23.0 Å². The molecule has 108 valence electrons. The Labute approximate surface area is 128 Å². The Bertz CT molecular complexity index is 531. The number of benzene rings is 1. The zero-order valence-corrected chi connectivity index (χ0v) is 12.6. The Morgan fingerprint density at radius 3 is 2.70 bits per heavy atom. The summed E-state index contributed by atoms with van der Waals surface area (Å²) in [7, 11) is 0. The number of imidazole rings is 1. The lowest BCUT2D eigenvalue weighted by Crippen LogP contribution is -2.29. The first kappa shape index (κ1) is 15.3. The normalized spacial score (nSPS) is 11.2. The van der Waals surface area contributed by atoms with Gasteiger partial charge in [-0.2, -0.15) is 0 Å². The highest BCUT2D eigenvalue weighted by Crippen LogP contribution is 2.23. The number of nitrogens with zero attached hydrogens (tertiary/aromatic N) is 3. The van der Waals surface area contributed by atoms with Crippen LogP contribution in [0.25, 0.3) is 0 Å². The fraction of sp³-hybridized carbons (Fsp3) is 0.357. The van der Waals surface area contributed by atoms with Gasteiger partial charge in [0.2, 0.25) is 0 Å². The highest BCUT2D eigenvalue weighted by Gasteiger charge is 2.07. The van der Waals surface area contributed by atoms with E-state index in [0.717, 1.165) is 25.2 Å². The molecule has 0 saturated carbocycles. The molecule has 0 bridgehead atoms. The second kappa shape index (κ2) is 7.64. The second-order valence-electron chi connectivity index (χ2n) is 4.55. The van der Waals surface area contributed by atoms with E-state index in [1.54, 1.807) is 18.6 Å². The third-order valence-corrected chi connectivity index (χ3v) is 3.78. The van der Waals surface area contributed by atoms with Crippen molar-refractivity contribution in [3.8, 4) is 0 Å². The lowest BCUT2D eigenvalue weighted by Gasteiger charge is -2.21. The molecule has 0 aliphatic carbocycles. The van der Waals surface area contributed by atoms with Crippen molar-refractivity contribution in [2.75, 3.05) is 19.7 Å². The van der Waals surface area contributed by atoms with Crippen LogP contribution in [-0.2, 0) is 13.1 Å². The summed E-state index contributed by atoms with van der Waals surface area (Å²) in [6.07, 6.45) is 5.47. The van der Waals surface area contributed by atoms with Gasteiger partial charge in [-0.05, 0) is 17.7 Å². The van der Waals surface area contributed by atoms with E-state index < -0.39 is 0 Å². The summed E-state index contributed by atoms with van der Waals surface area (Å²) in [4.78, 5) is 6.18. The average Bonchev–Trinajstić information content (AvgIpc) is 2.94. The number of aliphatic hydroxyl groups excluding tert-OH is 1. The fourth-order valence-electron chi connectivity index (χ4n) is 1.98. The quantitative estimate of drug-likeness (QED) is 0.854. The first-order chi connectivity index (χ1) is 9.69. The summed E-state index contributed by atoms with van der Waals surface area (Å²) in [5.74, 6) is 0. The minimum atomic E-state index is 0.130. The van der Waals surface area contributed by atoms with Crippen LogP contribution in [0.15, 0.2) is 36.9 Å². The third-order valence-electron chi connectivity index (χ3n) is 3.04. The van der Waals surface area contributed by atoms with E-state index in [1.807, 2.05) is 22.9 Å². The molecule has 4 nitrogen and oxygen atoms in total. The number of hydrogen-bond acceptors (Lipinski definition) is 3. The van der Waals surface area contributed by atoms with Crippen molar-refractivity contribution < 1.29 is 5.11 Å². The lowest BCUT2D eigenvalue weighted by molar-refractivity contribution is 0.185. The zero-order chi connectivity index (χ0) is 14.4. The molecule has 1 heterocycles. The van der Waals surface area contributed by atoms with E-state index in [0.29, 0.717) is 16.6 Å². The average molecular weight is 314 g/mol. The van der Waals surface area contributed by atoms with Crippen molar-refractivity contribution in [2.45, 2.75) is 13.1 Å². The summed E-state index contributed by atoms with van der Waals surface area (Å²) < 4.78 is 2.01. The van der Waals surface area contributed by atoms with Crippen LogP contribution in [0.3, 0.4) is 0 Å². The van der Waals surface area contributed by atoms with E-state index >= 15 is 0 Å². The molecular weight excluding hydrogens is 297 g/mol. The Kier molecular flexibility index (Phi) is 5.86. The maximum absolute atomic E-state index is 9.16. The number of aromatic nitrogens is 2. The van der Waals surface area contributed by atoms with Gasteiger partial charge in [-0.3, -0.25) is 4.90 Å². The van der Waals surface area contributed by atoms with Gasteiger partial charge < -0.3 is 9.67 Å². The molecule has 1 aromatic heterocycles. The molecule has 0 saturated heterocycles. The number of halogens is 2. The van der Waals surface area contributed by atoms with E-state index in [1.165, 1.54) is 0 Å². The predicted octanol–water partition coefficient (Wildman–Crippen LogP) is 2.68. The highest BCUT2D eigenvalue weighted by molar-refractivity contribution is 6.42. The molecule has 6 heteroatoms. The molecule has 1 aromatic carbocycles. The number of hydrogen-bond donors (Lipinski definition) is 1. The van der Waals surface area contributed by atoms with Crippen LogP contribution in [0.4, 0.5) is 0 Å². The molecule has 2 aromatic rings. The SMILES string of the molecule is OCCN(CCn1ccnc1)Cc1ccc(Cl)c(Cl)c1. The van der Waals surface area contributed by atoms with Crippen LogP contribution in [-0.4, -0.2) is 39.3 Å². The van der Waals surface area contributed by atoms with Crippen LogP contribution in [0.5, 0.6) is 0 Å². The molecule has 0 unspecified atom stereocenters. The third kappa shape index (κ3) is 4.49. The monoisotopic (exact) mass is 313 g/mol. The van der Waals surface area contributed by atoms with Gasteiger partial charge in [0, 0.05) is 38.6 Å². The molecule has 0 fully saturated rings. The van der Waals surface area contributed by atoms with Crippen LogP contribution < -0.4 is 0 Å². The zero-order valence-electron chi connectivity index (χ0n) is 11.0. The number of rotatable bonds is 7. The first-order valence-corrected chi connectivity index (χ1v) is 7.17. The Morgan fingerprint density at radius 1 is 1.20 bits per heavy atom. The van der Waals surface area contributed by atoms with Crippen molar-refractivity contribution in [1.29, 1.82) is 0 Å². The topological polar surface area (TPSA) is 41.3 Å². The number of aliphatic hydroxyl groups is 1. The Balaban J connectivity index is 1.95. The molecule has 0 atom stereocenters. The van der Waals surface area contributed by atoms with Gasteiger partial charge in [-0.15, -0.1) is 0 Å². The van der Waals surface area contributed by atoms with Crippen molar-refractivity contribution in [3.05, 3.63) is 52.5 Å². The predicted molar refractivity (Wildman–Crippen MR) is 81.1 cm³/mol. The van der Waals surface area contributed by atoms with Crippen LogP contribution >= 0.6 is 23.2 Å². The molecule has 0 radical (unpaired) electrons. The van der Waals surface area contributed by atoms with Gasteiger partial charge in [-0.25, -0.2) is 4.98 Å². The fourth-order valence-corrected chi connectivity index (χ4v) is 2.30. The second-order valence-corrected chi connectivity index (χ2v) is 5.36. The minimum Gasteiger partial charge on any atom is -0.395 e. The molecule has 2 rings (SSSR count). The largest absolute Gasteiger partial charge is 0.395 e. The summed E-state index contributed by atoms with van der Waals surface area (Å²) in [6.45, 7) is 3.14. The van der Waals surface area contributed by atoms with Gasteiger partial charge in [0.25, 0.3) is 0 Å². The highest BCUT2D eigenvalue weighted by atomic mass is 35.5. The van der Waals surface area contributed by atoms with E-state index in [2.05, 4.69) is 9.88 Å². The maximum Gasteiger partial charge on any atom is 0.0946 e. The van der Waals surface area contributed by atoms with Crippen molar-refractivity contribution in [1.82, 2.24) is 14.5 Å². The minimum absolute atomic E-state index is 0.130. The molecule has 0 amide bonds. The van der Waals surface area contributed by atoms with Crippen molar-refractivity contribution in [2.24, 2.45) is 0 Å². The van der Waals surface area contributed by atoms with Crippen molar-refractivity contribution >= 4 is 23.2 Å². The summed E-state index contributed by atoms with van der Waals surface area (Å²) in [5, 5.41) is 10.3. The molecule has 0 spiro atoms. The Hall–Kier alpha value is -1.07. The molecule has 0 aliphatic heterocycles. The van der Waals surface area contributed by atoms with Crippen LogP contribution in [0, 0.1) is 0 Å². The Morgan fingerprint density at radius 2 is 2.05 bits per heavy atom. The lowest BCUT2D eigenvalue weighted by atomic mass is 10.2. The standard InChI is InChI=1S/C14H17Cl2N3O/c15-13-2-1-12(9-14(13)16)10-18(7-8-20)5-6-19-4-3-17-11-19/h1-4,9,11,20H,5-8,10H2.